The van der Waals surface area contributed by atoms with E-state index in [9.17, 15) is 17.6 Å². The normalized spacial score (nSPS) is 29.3. The molecule has 1 amide bonds. The number of carbonyl (C=O) groups is 1. The maximum Gasteiger partial charge on any atom is 0.240 e. The molecule has 2 atom stereocenters. The van der Waals surface area contributed by atoms with Crippen molar-refractivity contribution in [2.45, 2.75) is 68.7 Å². The number of halogens is 1. The van der Waals surface area contributed by atoms with E-state index in [0.717, 1.165) is 44.4 Å². The summed E-state index contributed by atoms with van der Waals surface area (Å²) in [4.78, 5) is 15.5. The third-order valence-electron chi connectivity index (χ3n) is 7.67. The van der Waals surface area contributed by atoms with Gasteiger partial charge in [0, 0.05) is 25.0 Å². The molecule has 0 spiro atoms. The molecule has 178 valence electrons. The molecule has 2 N–H and O–H groups in total. The zero-order chi connectivity index (χ0) is 22.6. The van der Waals surface area contributed by atoms with Gasteiger partial charge >= 0.3 is 0 Å². The second-order valence-corrected chi connectivity index (χ2v) is 11.5. The Balaban J connectivity index is 1.19. The predicted octanol–water partition coefficient (Wildman–Crippen LogP) is 3.29. The van der Waals surface area contributed by atoms with Gasteiger partial charge in [0.25, 0.3) is 0 Å². The van der Waals surface area contributed by atoms with Gasteiger partial charge < -0.3 is 10.2 Å². The minimum atomic E-state index is -3.64. The smallest absolute Gasteiger partial charge is 0.240 e. The zero-order valence-electron chi connectivity index (χ0n) is 18.8. The largest absolute Gasteiger partial charge is 0.356 e. The molecule has 3 aliphatic rings. The summed E-state index contributed by atoms with van der Waals surface area (Å²) in [7, 11) is -3.64. The molecule has 2 heterocycles. The summed E-state index contributed by atoms with van der Waals surface area (Å²) in [6.45, 7) is 3.57. The van der Waals surface area contributed by atoms with E-state index >= 15 is 0 Å². The fourth-order valence-corrected chi connectivity index (χ4v) is 6.86. The summed E-state index contributed by atoms with van der Waals surface area (Å²) in [6, 6.07) is 5.49. The van der Waals surface area contributed by atoms with Crippen LogP contribution in [0.3, 0.4) is 0 Å². The monoisotopic (exact) mass is 465 g/mol. The molecule has 1 aromatic rings. The van der Waals surface area contributed by atoms with Crippen LogP contribution in [-0.2, 0) is 14.8 Å². The number of nitrogens with one attached hydrogen (secondary N) is 2. The molecule has 4 rings (SSSR count). The third kappa shape index (κ3) is 5.88. The van der Waals surface area contributed by atoms with E-state index < -0.39 is 15.8 Å². The number of hydrogen-bond acceptors (Lipinski definition) is 4. The first-order valence-electron chi connectivity index (χ1n) is 12.2. The first-order valence-corrected chi connectivity index (χ1v) is 13.7. The topological polar surface area (TPSA) is 78.5 Å². The molecular formula is C24H36FN3O3S. The Labute approximate surface area is 191 Å². The summed E-state index contributed by atoms with van der Waals surface area (Å²) in [5, 5.41) is 3.24. The van der Waals surface area contributed by atoms with Crippen LogP contribution in [-0.4, -0.2) is 51.4 Å². The van der Waals surface area contributed by atoms with Gasteiger partial charge in [-0.05, 0) is 101 Å². The molecule has 6 nitrogen and oxygen atoms in total. The van der Waals surface area contributed by atoms with Crippen LogP contribution in [0, 0.1) is 23.6 Å². The lowest BCUT2D eigenvalue weighted by molar-refractivity contribution is -0.126. The van der Waals surface area contributed by atoms with Crippen molar-refractivity contribution in [3.05, 3.63) is 30.1 Å². The number of hydrogen-bond donors (Lipinski definition) is 2. The predicted molar refractivity (Wildman–Crippen MR) is 122 cm³/mol. The molecule has 1 aromatic carbocycles. The molecule has 0 bridgehead atoms. The molecule has 8 heteroatoms. The van der Waals surface area contributed by atoms with Gasteiger partial charge in [-0.1, -0.05) is 6.42 Å². The molecule has 2 saturated heterocycles. The molecule has 1 saturated carbocycles. The highest BCUT2D eigenvalue weighted by Crippen LogP contribution is 2.32. The number of carbonyl (C=O) groups excluding carboxylic acids is 1. The number of nitrogens with zero attached hydrogens (tertiary/aromatic N) is 1. The summed E-state index contributed by atoms with van der Waals surface area (Å²) >= 11 is 0. The lowest BCUT2D eigenvalue weighted by Crippen LogP contribution is -2.51. The summed E-state index contributed by atoms with van der Waals surface area (Å²) in [5.74, 6) is 0.544. The molecule has 0 radical (unpaired) electrons. The number of piperidine rings is 2. The van der Waals surface area contributed by atoms with E-state index in [1.165, 1.54) is 57.3 Å². The first kappa shape index (κ1) is 23.6. The minimum Gasteiger partial charge on any atom is -0.356 e. The van der Waals surface area contributed by atoms with Crippen molar-refractivity contribution in [1.82, 2.24) is 14.9 Å². The maximum absolute atomic E-state index is 13.0. The van der Waals surface area contributed by atoms with Gasteiger partial charge in [0.05, 0.1) is 4.90 Å². The Hall–Kier alpha value is -1.51. The van der Waals surface area contributed by atoms with Gasteiger partial charge in [0.1, 0.15) is 5.82 Å². The average Bonchev–Trinajstić information content (AvgIpc) is 2.82. The lowest BCUT2D eigenvalue weighted by Gasteiger charge is -2.44. The van der Waals surface area contributed by atoms with Crippen molar-refractivity contribution in [3.63, 3.8) is 0 Å². The van der Waals surface area contributed by atoms with Crippen molar-refractivity contribution in [3.8, 4) is 0 Å². The van der Waals surface area contributed by atoms with Gasteiger partial charge in [-0.3, -0.25) is 4.79 Å². The highest BCUT2D eigenvalue weighted by molar-refractivity contribution is 7.89. The lowest BCUT2D eigenvalue weighted by atomic mass is 9.81. The van der Waals surface area contributed by atoms with Crippen molar-refractivity contribution >= 4 is 15.9 Å². The van der Waals surface area contributed by atoms with E-state index in [0.29, 0.717) is 18.5 Å². The van der Waals surface area contributed by atoms with Crippen LogP contribution in [0.1, 0.15) is 57.8 Å². The van der Waals surface area contributed by atoms with Crippen LogP contribution in [0.2, 0.25) is 0 Å². The van der Waals surface area contributed by atoms with Crippen LogP contribution in [0.15, 0.2) is 29.2 Å². The van der Waals surface area contributed by atoms with Crippen LogP contribution in [0.25, 0.3) is 0 Å². The van der Waals surface area contributed by atoms with E-state index in [1.807, 2.05) is 0 Å². The Bertz CT molecular complexity index is 867. The highest BCUT2D eigenvalue weighted by atomic mass is 32.2. The number of fused-ring (bicyclic) bond motifs is 1. The number of sulfonamides is 1. The Morgan fingerprint density at radius 3 is 2.41 bits per heavy atom. The minimum absolute atomic E-state index is 0.0333. The molecule has 32 heavy (non-hydrogen) atoms. The Morgan fingerprint density at radius 1 is 0.938 bits per heavy atom. The summed E-state index contributed by atoms with van der Waals surface area (Å²) < 4.78 is 40.5. The van der Waals surface area contributed by atoms with Gasteiger partial charge in [-0.2, -0.15) is 0 Å². The van der Waals surface area contributed by atoms with Crippen LogP contribution < -0.4 is 10.0 Å². The number of benzene rings is 1. The maximum atomic E-state index is 13.0. The second kappa shape index (κ2) is 10.6. The molecule has 1 aliphatic carbocycles. The molecule has 0 aromatic heterocycles. The second-order valence-electron chi connectivity index (χ2n) is 9.77. The quantitative estimate of drug-likeness (QED) is 0.648. The first-order chi connectivity index (χ1) is 15.4. The van der Waals surface area contributed by atoms with Crippen molar-refractivity contribution in [1.29, 1.82) is 0 Å². The van der Waals surface area contributed by atoms with Gasteiger partial charge in [-0.25, -0.2) is 17.5 Å². The SMILES string of the molecule is O=C(NC[C@@H]1CCCN2CCCC[C@@H]12)C1CCC(CNS(=O)(=O)c2ccc(F)cc2)CC1. The van der Waals surface area contributed by atoms with Gasteiger partial charge in [0.2, 0.25) is 15.9 Å². The Kier molecular flexibility index (Phi) is 7.84. The number of rotatable bonds is 7. The standard InChI is InChI=1S/C24H36FN3O3S/c25-21-10-12-22(13-11-21)32(30,31)27-16-18-6-8-19(9-7-18)24(29)26-17-20-4-3-15-28-14-2-1-5-23(20)28/h10-13,18-20,23,27H,1-9,14-17H2,(H,26,29)/t18?,19?,20-,23-/m0/s1. The number of amides is 1. The van der Waals surface area contributed by atoms with Crippen molar-refractivity contribution < 1.29 is 17.6 Å². The molecule has 0 unspecified atom stereocenters. The van der Waals surface area contributed by atoms with Crippen LogP contribution >= 0.6 is 0 Å². The summed E-state index contributed by atoms with van der Waals surface area (Å²) in [6.07, 6.45) is 9.59. The van der Waals surface area contributed by atoms with Crippen LogP contribution in [0.5, 0.6) is 0 Å². The molecular weight excluding hydrogens is 429 g/mol. The van der Waals surface area contributed by atoms with Gasteiger partial charge in [0.15, 0.2) is 0 Å². The van der Waals surface area contributed by atoms with Crippen molar-refractivity contribution in [2.75, 3.05) is 26.2 Å². The van der Waals surface area contributed by atoms with Crippen molar-refractivity contribution in [2.24, 2.45) is 17.8 Å². The van der Waals surface area contributed by atoms with E-state index in [-0.39, 0.29) is 22.6 Å². The van der Waals surface area contributed by atoms with E-state index in [2.05, 4.69) is 14.9 Å². The fraction of sp³-hybridized carbons (Fsp3) is 0.708. The molecule has 3 fully saturated rings. The zero-order valence-corrected chi connectivity index (χ0v) is 19.6. The van der Waals surface area contributed by atoms with Crippen LogP contribution in [0.4, 0.5) is 4.39 Å². The summed E-state index contributed by atoms with van der Waals surface area (Å²) in [5.41, 5.74) is 0. The van der Waals surface area contributed by atoms with Gasteiger partial charge in [-0.15, -0.1) is 0 Å². The fourth-order valence-electron chi connectivity index (χ4n) is 5.74. The highest BCUT2D eigenvalue weighted by Gasteiger charge is 2.34. The third-order valence-corrected chi connectivity index (χ3v) is 9.11. The van der Waals surface area contributed by atoms with E-state index in [1.54, 1.807) is 0 Å². The Morgan fingerprint density at radius 2 is 1.66 bits per heavy atom. The van der Waals surface area contributed by atoms with E-state index in [4.69, 9.17) is 0 Å². The molecule has 2 aliphatic heterocycles. The average molecular weight is 466 g/mol.